The molecule has 7 atom stereocenters. The highest BCUT2D eigenvalue weighted by Gasteiger charge is 2.60. The van der Waals surface area contributed by atoms with E-state index in [2.05, 4.69) is 4.98 Å². The van der Waals surface area contributed by atoms with Crippen molar-refractivity contribution in [3.05, 3.63) is 60.2 Å². The molecule has 0 spiro atoms. The first kappa shape index (κ1) is 22.0. The van der Waals surface area contributed by atoms with Crippen molar-refractivity contribution in [2.24, 2.45) is 35.3 Å². The van der Waals surface area contributed by atoms with E-state index >= 15 is 0 Å². The Morgan fingerprint density at radius 1 is 1.18 bits per heavy atom. The Morgan fingerprint density at radius 3 is 2.76 bits per heavy atom. The van der Waals surface area contributed by atoms with Crippen molar-refractivity contribution < 1.29 is 18.7 Å². The molecule has 2 N–H and O–H groups in total. The number of fused-ring (bicyclic) bond motifs is 2. The van der Waals surface area contributed by atoms with Gasteiger partial charge in [-0.05, 0) is 74.3 Å². The average Bonchev–Trinajstić information content (AvgIpc) is 3.11. The number of nitrogens with zero attached hydrogens (tertiary/aromatic N) is 1. The third-order valence-electron chi connectivity index (χ3n) is 8.02. The van der Waals surface area contributed by atoms with Gasteiger partial charge >= 0.3 is 5.97 Å². The lowest BCUT2D eigenvalue weighted by molar-refractivity contribution is -0.144. The predicted molar refractivity (Wildman–Crippen MR) is 123 cm³/mol. The summed E-state index contributed by atoms with van der Waals surface area (Å²) in [6, 6.07) is 10.2. The van der Waals surface area contributed by atoms with Crippen molar-refractivity contribution in [2.45, 2.75) is 44.2 Å². The number of nitrogens with two attached hydrogens (primary N) is 1. The van der Waals surface area contributed by atoms with E-state index in [1.807, 2.05) is 37.3 Å². The van der Waals surface area contributed by atoms with E-state index in [0.29, 0.717) is 0 Å². The van der Waals surface area contributed by atoms with E-state index in [1.165, 1.54) is 12.1 Å². The second-order valence-electron chi connectivity index (χ2n) is 9.90. The van der Waals surface area contributed by atoms with E-state index in [4.69, 9.17) is 10.5 Å². The van der Waals surface area contributed by atoms with Crippen molar-refractivity contribution >= 4 is 18.3 Å². The zero-order chi connectivity index (χ0) is 23.2. The van der Waals surface area contributed by atoms with Crippen LogP contribution in [0.3, 0.4) is 0 Å². The van der Waals surface area contributed by atoms with Gasteiger partial charge in [-0.2, -0.15) is 0 Å². The van der Waals surface area contributed by atoms with Crippen molar-refractivity contribution in [3.8, 4) is 11.1 Å². The second-order valence-corrected chi connectivity index (χ2v) is 9.90. The topological polar surface area (TPSA) is 82.3 Å². The maximum absolute atomic E-state index is 13.6. The number of esters is 1. The molecule has 33 heavy (non-hydrogen) atoms. The number of hydrogen-bond donors (Lipinski definition) is 1. The number of halogens is 1. The van der Waals surface area contributed by atoms with Crippen LogP contribution >= 0.6 is 0 Å². The Kier molecular flexibility index (Phi) is 5.65. The molecule has 1 aliphatic heterocycles. The monoisotopic (exact) mass is 448 g/mol. The lowest BCUT2D eigenvalue weighted by Gasteiger charge is -2.53. The number of benzene rings is 1. The molecule has 1 saturated heterocycles. The maximum atomic E-state index is 13.6. The molecule has 1 aromatic carbocycles. The van der Waals surface area contributed by atoms with Crippen molar-refractivity contribution in [3.63, 3.8) is 0 Å². The smallest absolute Gasteiger partial charge is 0.309 e. The molecule has 0 radical (unpaired) electrons. The molecule has 2 aliphatic carbocycles. The average molecular weight is 449 g/mol. The zero-order valence-corrected chi connectivity index (χ0v) is 18.7. The van der Waals surface area contributed by atoms with Crippen LogP contribution in [0.5, 0.6) is 0 Å². The van der Waals surface area contributed by atoms with Crippen LogP contribution in [0.15, 0.2) is 48.7 Å². The van der Waals surface area contributed by atoms with Crippen LogP contribution in [-0.4, -0.2) is 28.9 Å². The van der Waals surface area contributed by atoms with Crippen molar-refractivity contribution in [1.82, 2.24) is 4.98 Å². The number of hydrogen-bond acceptors (Lipinski definition) is 5. The highest BCUT2D eigenvalue weighted by molar-refractivity contribution is 5.76. The second kappa shape index (κ2) is 8.49. The number of carbonyl (C=O) groups is 2. The van der Waals surface area contributed by atoms with Crippen LogP contribution in [0.2, 0.25) is 0 Å². The molecule has 2 heterocycles. The number of pyridine rings is 1. The minimum atomic E-state index is -0.712. The molecule has 172 valence electrons. The molecule has 6 heteroatoms. The summed E-state index contributed by atoms with van der Waals surface area (Å²) in [6.07, 6.45) is 9.71. The molecular weight excluding hydrogens is 419 g/mol. The fourth-order valence-corrected chi connectivity index (χ4v) is 6.54. The molecule has 3 fully saturated rings. The van der Waals surface area contributed by atoms with Gasteiger partial charge in [-0.1, -0.05) is 24.3 Å². The van der Waals surface area contributed by atoms with E-state index in [1.54, 1.807) is 12.3 Å². The summed E-state index contributed by atoms with van der Waals surface area (Å²) in [5.41, 5.74) is 8.79. The van der Waals surface area contributed by atoms with Gasteiger partial charge in [0.25, 0.3) is 0 Å². The highest BCUT2D eigenvalue weighted by Crippen LogP contribution is 2.55. The molecular formula is C27H29FN2O3. The fourth-order valence-electron chi connectivity index (χ4n) is 6.54. The number of aldehydes is 1. The van der Waals surface area contributed by atoms with Crippen molar-refractivity contribution in [1.29, 1.82) is 0 Å². The standard InChI is InChI=1S/C27H29FN2O3/c1-16-25-23(26(32)33-16)13-20-11-17(15-31)5-8-24(20)27(25,29)10-9-22-7-6-19(14-30-22)18-3-2-4-21(28)12-18/h2-4,6-7,9-10,12,14-17,20,23-25H,5,8,11,13,29H2,1H3/b10-9+/t16-,17-,20+,23-,24-,25-,27-/m1/s1. The molecule has 2 aromatic rings. The van der Waals surface area contributed by atoms with E-state index < -0.39 is 5.54 Å². The van der Waals surface area contributed by atoms with Crippen LogP contribution in [0.25, 0.3) is 17.2 Å². The van der Waals surface area contributed by atoms with Crippen LogP contribution in [0.4, 0.5) is 4.39 Å². The summed E-state index contributed by atoms with van der Waals surface area (Å²) in [7, 11) is 0. The SMILES string of the molecule is C[C@H]1OC(=O)[C@@H]2C[C@@H]3C[C@H](C=O)CC[C@H]3[C@](N)(/C=C/c3ccc(-c4cccc(F)c4)cn3)[C@H]12. The fraction of sp³-hybridized carbons (Fsp3) is 0.444. The Morgan fingerprint density at radius 2 is 2.03 bits per heavy atom. The quantitative estimate of drug-likeness (QED) is 0.553. The number of rotatable bonds is 4. The van der Waals surface area contributed by atoms with E-state index in [9.17, 15) is 14.0 Å². The van der Waals surface area contributed by atoms with Crippen LogP contribution in [0, 0.1) is 35.4 Å². The Balaban J connectivity index is 1.44. The molecule has 3 aliphatic rings. The molecule has 5 rings (SSSR count). The van der Waals surface area contributed by atoms with Gasteiger partial charge in [0.2, 0.25) is 0 Å². The first-order valence-electron chi connectivity index (χ1n) is 11.7. The number of ether oxygens (including phenoxy) is 1. The Hall–Kier alpha value is -2.86. The van der Waals surface area contributed by atoms with Gasteiger partial charge in [0.05, 0.1) is 11.6 Å². The minimum absolute atomic E-state index is 0.0444. The lowest BCUT2D eigenvalue weighted by atomic mass is 9.52. The van der Waals surface area contributed by atoms with Crippen LogP contribution < -0.4 is 5.73 Å². The zero-order valence-electron chi connectivity index (χ0n) is 18.7. The summed E-state index contributed by atoms with van der Waals surface area (Å²) in [5, 5.41) is 0. The molecule has 0 unspecified atom stereocenters. The summed E-state index contributed by atoms with van der Waals surface area (Å²) < 4.78 is 19.2. The van der Waals surface area contributed by atoms with Gasteiger partial charge in [0.15, 0.2) is 0 Å². The normalized spacial score (nSPS) is 35.7. The lowest BCUT2D eigenvalue weighted by Crippen LogP contribution is -2.62. The van der Waals surface area contributed by atoms with Crippen molar-refractivity contribution in [2.75, 3.05) is 0 Å². The van der Waals surface area contributed by atoms with Gasteiger partial charge in [-0.3, -0.25) is 9.78 Å². The van der Waals surface area contributed by atoms with Crippen LogP contribution in [-0.2, 0) is 14.3 Å². The van der Waals surface area contributed by atoms with E-state index in [0.717, 1.165) is 48.8 Å². The molecule has 5 nitrogen and oxygen atoms in total. The molecule has 0 amide bonds. The predicted octanol–water partition coefficient (Wildman–Crippen LogP) is 4.41. The number of cyclic esters (lactones) is 1. The van der Waals surface area contributed by atoms with Gasteiger partial charge in [0, 0.05) is 29.1 Å². The third-order valence-corrected chi connectivity index (χ3v) is 8.02. The molecule has 2 saturated carbocycles. The van der Waals surface area contributed by atoms with Gasteiger partial charge in [0.1, 0.15) is 18.2 Å². The number of aromatic nitrogens is 1. The van der Waals surface area contributed by atoms with Gasteiger partial charge < -0.3 is 15.3 Å². The van der Waals surface area contributed by atoms with Crippen LogP contribution in [0.1, 0.15) is 38.3 Å². The maximum Gasteiger partial charge on any atom is 0.309 e. The van der Waals surface area contributed by atoms with Gasteiger partial charge in [-0.25, -0.2) is 4.39 Å². The molecule has 0 bridgehead atoms. The summed E-state index contributed by atoms with van der Waals surface area (Å²) >= 11 is 0. The Labute approximate surface area is 193 Å². The van der Waals surface area contributed by atoms with Gasteiger partial charge in [-0.15, -0.1) is 0 Å². The largest absolute Gasteiger partial charge is 0.462 e. The summed E-state index contributed by atoms with van der Waals surface area (Å²) in [6.45, 7) is 1.93. The summed E-state index contributed by atoms with van der Waals surface area (Å²) in [4.78, 5) is 28.6. The Bertz CT molecular complexity index is 1090. The first-order chi connectivity index (χ1) is 15.9. The minimum Gasteiger partial charge on any atom is -0.462 e. The van der Waals surface area contributed by atoms with E-state index in [-0.39, 0.29) is 47.5 Å². The first-order valence-corrected chi connectivity index (χ1v) is 11.7. The molecule has 1 aromatic heterocycles. The third kappa shape index (κ3) is 3.90. The highest BCUT2D eigenvalue weighted by atomic mass is 19.1. The summed E-state index contributed by atoms with van der Waals surface area (Å²) in [5.74, 6) is -0.315. The number of carbonyl (C=O) groups excluding carboxylic acids is 2.